The number of carbonyl (C=O) groups excluding carboxylic acids is 1. The molecule has 2 aromatic carbocycles. The zero-order valence-electron chi connectivity index (χ0n) is 16.3. The zero-order chi connectivity index (χ0) is 20.1. The predicted molar refractivity (Wildman–Crippen MR) is 114 cm³/mol. The highest BCUT2D eigenvalue weighted by atomic mass is 32.2. The van der Waals surface area contributed by atoms with Gasteiger partial charge in [0.2, 0.25) is 0 Å². The van der Waals surface area contributed by atoms with Crippen LogP contribution in [-0.2, 0) is 6.54 Å². The number of methoxy groups -OCH3 is 1. The third kappa shape index (κ3) is 4.62. The number of aromatic nitrogens is 2. The lowest BCUT2D eigenvalue weighted by Crippen LogP contribution is -2.24. The fourth-order valence-electron chi connectivity index (χ4n) is 2.85. The number of fused-ring (bicyclic) bond motifs is 1. The Morgan fingerprint density at radius 1 is 1.18 bits per heavy atom. The molecule has 3 aromatic rings. The normalized spacial score (nSPS) is 11.1. The minimum atomic E-state index is -0.0532. The molecule has 0 bridgehead atoms. The molecule has 0 atom stereocenters. The van der Waals surface area contributed by atoms with Crippen molar-refractivity contribution in [3.8, 4) is 5.75 Å². The first-order valence-corrected chi connectivity index (χ1v) is 10.3. The Labute approximate surface area is 168 Å². The van der Waals surface area contributed by atoms with E-state index in [9.17, 15) is 9.59 Å². The Kier molecular flexibility index (Phi) is 6.52. The molecule has 0 saturated heterocycles. The van der Waals surface area contributed by atoms with Crippen molar-refractivity contribution >= 4 is 28.4 Å². The average molecular weight is 397 g/mol. The molecule has 0 aliphatic rings. The number of carbonyl (C=O) groups is 1. The second kappa shape index (κ2) is 9.06. The van der Waals surface area contributed by atoms with E-state index in [2.05, 4.69) is 18.8 Å². The quantitative estimate of drug-likeness (QED) is 0.320. The minimum absolute atomic E-state index is 0.0262. The average Bonchev–Trinajstić information content (AvgIpc) is 2.71. The van der Waals surface area contributed by atoms with Crippen LogP contribution in [0.15, 0.2) is 58.5 Å². The molecule has 1 aromatic heterocycles. The lowest BCUT2D eigenvalue weighted by molar-refractivity contribution is 0.102. The van der Waals surface area contributed by atoms with Gasteiger partial charge in [0.15, 0.2) is 10.9 Å². The van der Waals surface area contributed by atoms with Crippen LogP contribution in [0.25, 0.3) is 10.9 Å². The number of rotatable bonds is 8. The Balaban J connectivity index is 1.89. The van der Waals surface area contributed by atoms with Crippen LogP contribution in [0.1, 0.15) is 30.6 Å². The first-order chi connectivity index (χ1) is 13.5. The molecule has 146 valence electrons. The number of hydrogen-bond donors (Lipinski definition) is 0. The topological polar surface area (TPSA) is 61.2 Å². The van der Waals surface area contributed by atoms with Crippen molar-refractivity contribution in [2.24, 2.45) is 5.92 Å². The van der Waals surface area contributed by atoms with Crippen LogP contribution in [0.4, 0.5) is 0 Å². The summed E-state index contributed by atoms with van der Waals surface area (Å²) in [5.41, 5.74) is 1.19. The molecule has 0 N–H and O–H groups in total. The summed E-state index contributed by atoms with van der Waals surface area (Å²) < 4.78 is 6.89. The van der Waals surface area contributed by atoms with Gasteiger partial charge < -0.3 is 4.74 Å². The summed E-state index contributed by atoms with van der Waals surface area (Å²) >= 11 is 1.31. The Morgan fingerprint density at radius 2 is 1.96 bits per heavy atom. The highest BCUT2D eigenvalue weighted by Crippen LogP contribution is 2.21. The maximum atomic E-state index is 13.0. The van der Waals surface area contributed by atoms with Gasteiger partial charge in [-0.3, -0.25) is 14.2 Å². The number of ether oxygens (including phenoxy) is 1. The van der Waals surface area contributed by atoms with Crippen molar-refractivity contribution in [3.63, 3.8) is 0 Å². The van der Waals surface area contributed by atoms with E-state index in [0.29, 0.717) is 39.8 Å². The highest BCUT2D eigenvalue weighted by molar-refractivity contribution is 7.99. The van der Waals surface area contributed by atoms with Gasteiger partial charge in [0.05, 0.1) is 23.8 Å². The lowest BCUT2D eigenvalue weighted by atomic mass is 10.1. The smallest absolute Gasteiger partial charge is 0.262 e. The molecule has 3 rings (SSSR count). The van der Waals surface area contributed by atoms with Gasteiger partial charge in [-0.05, 0) is 36.6 Å². The van der Waals surface area contributed by atoms with Crippen molar-refractivity contribution in [2.75, 3.05) is 12.9 Å². The molecule has 0 saturated carbocycles. The summed E-state index contributed by atoms with van der Waals surface area (Å²) in [6.45, 7) is 4.83. The Bertz CT molecular complexity index is 1040. The maximum Gasteiger partial charge on any atom is 0.262 e. The van der Waals surface area contributed by atoms with E-state index in [1.807, 2.05) is 18.2 Å². The fourth-order valence-corrected chi connectivity index (χ4v) is 3.77. The van der Waals surface area contributed by atoms with Gasteiger partial charge in [0.25, 0.3) is 5.56 Å². The first kappa shape index (κ1) is 20.1. The van der Waals surface area contributed by atoms with Crippen molar-refractivity contribution < 1.29 is 9.53 Å². The van der Waals surface area contributed by atoms with Crippen LogP contribution in [-0.4, -0.2) is 28.2 Å². The number of nitrogens with zero attached hydrogens (tertiary/aromatic N) is 2. The molecular formula is C22H24N2O3S. The van der Waals surface area contributed by atoms with Crippen LogP contribution in [0, 0.1) is 5.92 Å². The Morgan fingerprint density at radius 3 is 2.71 bits per heavy atom. The molecule has 0 aliphatic carbocycles. The number of Topliss-reactive ketones (excluding diaryl/α,β-unsaturated/α-hetero) is 1. The molecule has 0 aliphatic heterocycles. The standard InChI is InChI=1S/C22H24N2O3S/c1-15(2)11-12-24-21(26)18-9-4-5-10-19(18)23-22(24)28-14-20(25)16-7-6-8-17(13-16)27-3/h4-10,13,15H,11-12,14H2,1-3H3. The van der Waals surface area contributed by atoms with Crippen LogP contribution >= 0.6 is 11.8 Å². The summed E-state index contributed by atoms with van der Waals surface area (Å²) in [4.78, 5) is 30.3. The fraction of sp³-hybridized carbons (Fsp3) is 0.318. The molecule has 0 amide bonds. The lowest BCUT2D eigenvalue weighted by Gasteiger charge is -2.14. The largest absolute Gasteiger partial charge is 0.497 e. The highest BCUT2D eigenvalue weighted by Gasteiger charge is 2.14. The van der Waals surface area contributed by atoms with Gasteiger partial charge in [0, 0.05) is 12.1 Å². The van der Waals surface area contributed by atoms with Crippen LogP contribution in [0.3, 0.4) is 0 Å². The Hall–Kier alpha value is -2.60. The molecule has 0 radical (unpaired) electrons. The van der Waals surface area contributed by atoms with E-state index in [0.717, 1.165) is 6.42 Å². The molecule has 0 unspecified atom stereocenters. The summed E-state index contributed by atoms with van der Waals surface area (Å²) in [6.07, 6.45) is 0.872. The molecule has 6 heteroatoms. The molecular weight excluding hydrogens is 372 g/mol. The van der Waals surface area contributed by atoms with E-state index in [1.54, 1.807) is 42.0 Å². The molecule has 5 nitrogen and oxygen atoms in total. The SMILES string of the molecule is COc1cccc(C(=O)CSc2nc3ccccc3c(=O)n2CCC(C)C)c1. The molecule has 1 heterocycles. The first-order valence-electron chi connectivity index (χ1n) is 9.29. The number of thioether (sulfide) groups is 1. The summed E-state index contributed by atoms with van der Waals surface area (Å²) in [5.74, 6) is 1.30. The van der Waals surface area contributed by atoms with Crippen LogP contribution in [0.2, 0.25) is 0 Å². The number of hydrogen-bond acceptors (Lipinski definition) is 5. The summed E-state index contributed by atoms with van der Waals surface area (Å²) in [6, 6.07) is 14.4. The summed E-state index contributed by atoms with van der Waals surface area (Å²) in [7, 11) is 1.57. The van der Waals surface area contributed by atoms with Crippen molar-refractivity contribution in [3.05, 3.63) is 64.4 Å². The second-order valence-electron chi connectivity index (χ2n) is 6.99. The predicted octanol–water partition coefficient (Wildman–Crippen LogP) is 4.43. The molecule has 0 spiro atoms. The van der Waals surface area contributed by atoms with Crippen LogP contribution in [0.5, 0.6) is 5.75 Å². The third-order valence-corrected chi connectivity index (χ3v) is 5.46. The van der Waals surface area contributed by atoms with Gasteiger partial charge in [-0.1, -0.05) is 49.9 Å². The van der Waals surface area contributed by atoms with Crippen molar-refractivity contribution in [1.82, 2.24) is 9.55 Å². The maximum absolute atomic E-state index is 13.0. The van der Waals surface area contributed by atoms with Crippen molar-refractivity contribution in [2.45, 2.75) is 32.0 Å². The van der Waals surface area contributed by atoms with Crippen molar-refractivity contribution in [1.29, 1.82) is 0 Å². The zero-order valence-corrected chi connectivity index (χ0v) is 17.2. The number of benzene rings is 2. The number of para-hydroxylation sites is 1. The molecule has 0 fully saturated rings. The van der Waals surface area contributed by atoms with E-state index in [-0.39, 0.29) is 17.1 Å². The summed E-state index contributed by atoms with van der Waals surface area (Å²) in [5, 5.41) is 1.19. The van der Waals surface area contributed by atoms with Gasteiger partial charge in [-0.25, -0.2) is 4.98 Å². The third-order valence-electron chi connectivity index (χ3n) is 4.48. The van der Waals surface area contributed by atoms with Gasteiger partial charge in [-0.2, -0.15) is 0 Å². The number of ketones is 1. The minimum Gasteiger partial charge on any atom is -0.497 e. The van der Waals surface area contributed by atoms with Gasteiger partial charge in [0.1, 0.15) is 5.75 Å². The monoisotopic (exact) mass is 396 g/mol. The van der Waals surface area contributed by atoms with Crippen LogP contribution < -0.4 is 10.3 Å². The van der Waals surface area contributed by atoms with E-state index >= 15 is 0 Å². The van der Waals surface area contributed by atoms with Gasteiger partial charge >= 0.3 is 0 Å². The second-order valence-corrected chi connectivity index (χ2v) is 7.94. The van der Waals surface area contributed by atoms with E-state index in [1.165, 1.54) is 11.8 Å². The van der Waals surface area contributed by atoms with E-state index < -0.39 is 0 Å². The van der Waals surface area contributed by atoms with E-state index in [4.69, 9.17) is 4.74 Å². The molecule has 28 heavy (non-hydrogen) atoms. The van der Waals surface area contributed by atoms with Gasteiger partial charge in [-0.15, -0.1) is 0 Å².